The molecule has 0 aliphatic heterocycles. The van der Waals surface area contributed by atoms with Crippen LogP contribution in [0.15, 0.2) is 40.8 Å². The van der Waals surface area contributed by atoms with Crippen LogP contribution in [-0.2, 0) is 28.9 Å². The maximum absolute atomic E-state index is 13.0. The second-order valence-corrected chi connectivity index (χ2v) is 7.47. The van der Waals surface area contributed by atoms with Gasteiger partial charge in [-0.15, -0.1) is 0 Å². The molecule has 6 nitrogen and oxygen atoms in total. The maximum atomic E-state index is 13.0. The quantitative estimate of drug-likeness (QED) is 0.617. The molecule has 29 heavy (non-hydrogen) atoms. The fourth-order valence-electron chi connectivity index (χ4n) is 3.81. The molecule has 150 valence electrons. The Balaban J connectivity index is 1.51. The molecule has 1 aromatic carbocycles. The Kier molecular flexibility index (Phi) is 5.34. The normalized spacial score (nSPS) is 13.2. The Morgan fingerprint density at radius 3 is 2.72 bits per heavy atom. The van der Waals surface area contributed by atoms with Crippen LogP contribution in [-0.4, -0.2) is 35.4 Å². The number of hydrogen-bond acceptors (Lipinski definition) is 5. The van der Waals surface area contributed by atoms with E-state index in [9.17, 15) is 9.59 Å². The van der Waals surface area contributed by atoms with E-state index < -0.39 is 5.97 Å². The number of esters is 1. The van der Waals surface area contributed by atoms with Crippen molar-refractivity contribution in [2.75, 3.05) is 13.7 Å². The molecule has 0 saturated carbocycles. The molecule has 3 aromatic rings. The van der Waals surface area contributed by atoms with Crippen LogP contribution >= 0.6 is 0 Å². The van der Waals surface area contributed by atoms with E-state index in [1.807, 2.05) is 43.3 Å². The molecule has 0 unspecified atom stereocenters. The molecule has 1 aliphatic rings. The highest BCUT2D eigenvalue weighted by molar-refractivity contribution is 6.05. The first-order valence-electron chi connectivity index (χ1n) is 9.90. The Morgan fingerprint density at radius 2 is 1.93 bits per heavy atom. The minimum Gasteiger partial charge on any atom is -0.464 e. The predicted molar refractivity (Wildman–Crippen MR) is 109 cm³/mol. The van der Waals surface area contributed by atoms with E-state index in [1.165, 1.54) is 4.90 Å². The van der Waals surface area contributed by atoms with Crippen molar-refractivity contribution in [1.29, 1.82) is 0 Å². The van der Waals surface area contributed by atoms with E-state index in [0.717, 1.165) is 53.6 Å². The van der Waals surface area contributed by atoms with Crippen molar-refractivity contribution in [1.82, 2.24) is 9.88 Å². The molecule has 0 spiro atoms. The lowest BCUT2D eigenvalue weighted by atomic mass is 9.90. The monoisotopic (exact) mass is 392 g/mol. The zero-order chi connectivity index (χ0) is 20.4. The summed E-state index contributed by atoms with van der Waals surface area (Å²) in [5, 5.41) is 0.782. The first-order chi connectivity index (χ1) is 14.0. The summed E-state index contributed by atoms with van der Waals surface area (Å²) in [6, 6.07) is 11.3. The SMILES string of the molecule is Cc1ccc(CN(C)C(=O)COC(=O)c2c3c(nc4ccccc24)CCCC3)o1. The second-order valence-electron chi connectivity index (χ2n) is 7.47. The number of pyridine rings is 1. The number of furan rings is 1. The van der Waals surface area contributed by atoms with Crippen LogP contribution < -0.4 is 0 Å². The van der Waals surface area contributed by atoms with Gasteiger partial charge in [0.05, 0.1) is 17.6 Å². The van der Waals surface area contributed by atoms with Crippen molar-refractivity contribution < 1.29 is 18.7 Å². The van der Waals surface area contributed by atoms with Gasteiger partial charge in [0.25, 0.3) is 5.91 Å². The third-order valence-electron chi connectivity index (χ3n) is 5.31. The third kappa shape index (κ3) is 4.01. The minimum absolute atomic E-state index is 0.278. The molecule has 2 heterocycles. The number of para-hydroxylation sites is 1. The number of benzene rings is 1. The molecule has 2 aromatic heterocycles. The molecule has 0 saturated heterocycles. The number of ether oxygens (including phenoxy) is 1. The maximum Gasteiger partial charge on any atom is 0.339 e. The topological polar surface area (TPSA) is 72.6 Å². The van der Waals surface area contributed by atoms with E-state index in [2.05, 4.69) is 0 Å². The number of rotatable bonds is 5. The molecule has 6 heteroatoms. The van der Waals surface area contributed by atoms with Crippen LogP contribution in [0.2, 0.25) is 0 Å². The van der Waals surface area contributed by atoms with Gasteiger partial charge >= 0.3 is 5.97 Å². The summed E-state index contributed by atoms with van der Waals surface area (Å²) >= 11 is 0. The van der Waals surface area contributed by atoms with E-state index in [4.69, 9.17) is 14.1 Å². The van der Waals surface area contributed by atoms with Crippen molar-refractivity contribution in [2.45, 2.75) is 39.2 Å². The predicted octanol–water partition coefficient (Wildman–Crippen LogP) is 3.83. The van der Waals surface area contributed by atoms with Gasteiger partial charge in [-0.1, -0.05) is 18.2 Å². The average Bonchev–Trinajstić information content (AvgIpc) is 3.14. The van der Waals surface area contributed by atoms with Crippen LogP contribution in [0, 0.1) is 6.92 Å². The lowest BCUT2D eigenvalue weighted by molar-refractivity contribution is -0.134. The summed E-state index contributed by atoms with van der Waals surface area (Å²) in [4.78, 5) is 31.6. The number of hydrogen-bond donors (Lipinski definition) is 0. The summed E-state index contributed by atoms with van der Waals surface area (Å²) in [6.45, 7) is 1.88. The van der Waals surface area contributed by atoms with Crippen molar-refractivity contribution in [2.24, 2.45) is 0 Å². The van der Waals surface area contributed by atoms with Gasteiger partial charge in [0.1, 0.15) is 11.5 Å². The van der Waals surface area contributed by atoms with E-state index in [-0.39, 0.29) is 12.5 Å². The zero-order valence-corrected chi connectivity index (χ0v) is 16.7. The first-order valence-corrected chi connectivity index (χ1v) is 9.90. The lowest BCUT2D eigenvalue weighted by Gasteiger charge is -2.20. The number of aromatic nitrogens is 1. The van der Waals surface area contributed by atoms with Gasteiger partial charge in [0, 0.05) is 18.1 Å². The molecule has 0 fully saturated rings. The number of aryl methyl sites for hydroxylation is 2. The molecule has 0 radical (unpaired) electrons. The Bertz CT molecular complexity index is 1070. The Labute approximate surface area is 169 Å². The van der Waals surface area contributed by atoms with Crippen molar-refractivity contribution in [3.8, 4) is 0 Å². The number of carbonyl (C=O) groups excluding carboxylic acids is 2. The fraction of sp³-hybridized carbons (Fsp3) is 0.348. The van der Waals surface area contributed by atoms with Crippen LogP contribution in [0.5, 0.6) is 0 Å². The van der Waals surface area contributed by atoms with Crippen LogP contribution in [0.4, 0.5) is 0 Å². The largest absolute Gasteiger partial charge is 0.464 e. The molecule has 0 bridgehead atoms. The summed E-state index contributed by atoms with van der Waals surface area (Å²) < 4.78 is 10.9. The molecule has 1 aliphatic carbocycles. The Hall–Kier alpha value is -3.15. The van der Waals surface area contributed by atoms with Gasteiger partial charge in [-0.05, 0) is 56.4 Å². The average molecular weight is 392 g/mol. The molecular weight excluding hydrogens is 368 g/mol. The van der Waals surface area contributed by atoms with Crippen LogP contribution in [0.25, 0.3) is 10.9 Å². The standard InChI is InChI=1S/C23H24N2O4/c1-15-11-12-16(29-15)13-25(2)21(26)14-28-23(27)22-17-7-3-5-9-19(17)24-20-10-6-4-8-18(20)22/h3,5,7,9,11-12H,4,6,8,10,13-14H2,1-2H3. The summed E-state index contributed by atoms with van der Waals surface area (Å²) in [7, 11) is 1.66. The van der Waals surface area contributed by atoms with Gasteiger partial charge in [-0.2, -0.15) is 0 Å². The summed E-state index contributed by atoms with van der Waals surface area (Å²) in [6.07, 6.45) is 3.77. The van der Waals surface area contributed by atoms with Gasteiger partial charge in [0.15, 0.2) is 6.61 Å². The fourth-order valence-corrected chi connectivity index (χ4v) is 3.81. The number of nitrogens with zero attached hydrogens (tertiary/aromatic N) is 2. The van der Waals surface area contributed by atoms with Gasteiger partial charge in [-0.3, -0.25) is 9.78 Å². The van der Waals surface area contributed by atoms with Gasteiger partial charge in [-0.25, -0.2) is 4.79 Å². The van der Waals surface area contributed by atoms with E-state index >= 15 is 0 Å². The smallest absolute Gasteiger partial charge is 0.339 e. The summed E-state index contributed by atoms with van der Waals surface area (Å²) in [5.74, 6) is 0.748. The lowest BCUT2D eigenvalue weighted by Crippen LogP contribution is -2.31. The molecule has 4 rings (SSSR count). The number of amides is 1. The molecule has 1 amide bonds. The molecule has 0 N–H and O–H groups in total. The van der Waals surface area contributed by atoms with Crippen molar-refractivity contribution in [3.63, 3.8) is 0 Å². The number of carbonyl (C=O) groups is 2. The van der Waals surface area contributed by atoms with Crippen LogP contribution in [0.1, 0.15) is 46.0 Å². The van der Waals surface area contributed by atoms with Gasteiger partial charge in [0.2, 0.25) is 0 Å². The highest BCUT2D eigenvalue weighted by Gasteiger charge is 2.24. The van der Waals surface area contributed by atoms with Crippen molar-refractivity contribution >= 4 is 22.8 Å². The van der Waals surface area contributed by atoms with Crippen LogP contribution in [0.3, 0.4) is 0 Å². The van der Waals surface area contributed by atoms with Crippen molar-refractivity contribution in [3.05, 3.63) is 64.7 Å². The highest BCUT2D eigenvalue weighted by atomic mass is 16.5. The third-order valence-corrected chi connectivity index (χ3v) is 5.31. The van der Waals surface area contributed by atoms with E-state index in [1.54, 1.807) is 7.05 Å². The molecular formula is C23H24N2O4. The van der Waals surface area contributed by atoms with Gasteiger partial charge < -0.3 is 14.1 Å². The second kappa shape index (κ2) is 8.07. The number of fused-ring (bicyclic) bond motifs is 2. The minimum atomic E-state index is -0.461. The highest BCUT2D eigenvalue weighted by Crippen LogP contribution is 2.29. The summed E-state index contributed by atoms with van der Waals surface area (Å²) in [5.41, 5.74) is 3.28. The number of likely N-dealkylation sites (N-methyl/N-ethyl adjacent to an activating group) is 1. The Morgan fingerprint density at radius 1 is 1.14 bits per heavy atom. The van der Waals surface area contributed by atoms with E-state index in [0.29, 0.717) is 17.9 Å². The molecule has 0 atom stereocenters. The first kappa shape index (κ1) is 19.2. The zero-order valence-electron chi connectivity index (χ0n) is 16.7.